The highest BCUT2D eigenvalue weighted by molar-refractivity contribution is 6.19. The van der Waals surface area contributed by atoms with Gasteiger partial charge in [0, 0.05) is 18.3 Å². The lowest BCUT2D eigenvalue weighted by molar-refractivity contribution is -0.143. The zero-order chi connectivity index (χ0) is 18.0. The molecule has 3 rings (SSSR count). The molecule has 1 atom stereocenters. The largest absolute Gasteiger partial charge is 0.466 e. The Morgan fingerprint density at radius 2 is 1.88 bits per heavy atom. The van der Waals surface area contributed by atoms with E-state index < -0.39 is 17.4 Å². The van der Waals surface area contributed by atoms with Gasteiger partial charge in [-0.25, -0.2) is 0 Å². The molecule has 1 aliphatic heterocycles. The predicted octanol–water partition coefficient (Wildman–Crippen LogP) is 1.77. The zero-order valence-electron chi connectivity index (χ0n) is 13.8. The Morgan fingerprint density at radius 3 is 2.64 bits per heavy atom. The number of para-hydroxylation sites is 2. The maximum absolute atomic E-state index is 12.7. The van der Waals surface area contributed by atoms with Crippen LogP contribution in [0.3, 0.4) is 0 Å². The van der Waals surface area contributed by atoms with E-state index in [1.807, 2.05) is 0 Å². The first-order valence-electron chi connectivity index (χ1n) is 7.67. The summed E-state index contributed by atoms with van der Waals surface area (Å²) in [6.45, 7) is 1.40. The van der Waals surface area contributed by atoms with Crippen LogP contribution in [0.2, 0.25) is 0 Å². The molecule has 0 saturated carbocycles. The third kappa shape index (κ3) is 3.03. The molecule has 0 bridgehead atoms. The lowest BCUT2D eigenvalue weighted by atomic mass is 10.0. The quantitative estimate of drug-likeness (QED) is 0.743. The van der Waals surface area contributed by atoms with Crippen molar-refractivity contribution in [3.8, 4) is 5.75 Å². The van der Waals surface area contributed by atoms with Crippen LogP contribution in [0.1, 0.15) is 17.3 Å². The minimum atomic E-state index is -1.72. The smallest absolute Gasteiger partial charge is 0.278 e. The average Bonchev–Trinajstić information content (AvgIpc) is 2.62. The highest BCUT2D eigenvalue weighted by atomic mass is 16.5. The van der Waals surface area contributed by atoms with E-state index in [4.69, 9.17) is 4.74 Å². The van der Waals surface area contributed by atoms with Crippen molar-refractivity contribution >= 4 is 29.1 Å². The van der Waals surface area contributed by atoms with Crippen LogP contribution in [-0.2, 0) is 9.59 Å². The van der Waals surface area contributed by atoms with Crippen LogP contribution in [0.15, 0.2) is 48.5 Å². The van der Waals surface area contributed by atoms with Crippen LogP contribution < -0.4 is 20.7 Å². The molecule has 128 valence electrons. The molecule has 7 heteroatoms. The fourth-order valence-corrected chi connectivity index (χ4v) is 2.45. The number of benzene rings is 2. The minimum absolute atomic E-state index is 0.275. The monoisotopic (exact) mass is 339 g/mol. The summed E-state index contributed by atoms with van der Waals surface area (Å²) in [5.74, 6) is -1.05. The van der Waals surface area contributed by atoms with Gasteiger partial charge in [0.2, 0.25) is 0 Å². The maximum atomic E-state index is 12.7. The second-order valence-electron chi connectivity index (χ2n) is 5.70. The van der Waals surface area contributed by atoms with Crippen LogP contribution in [0.5, 0.6) is 5.75 Å². The summed E-state index contributed by atoms with van der Waals surface area (Å²) >= 11 is 0. The molecule has 0 saturated heterocycles. The van der Waals surface area contributed by atoms with Gasteiger partial charge in [-0.3, -0.25) is 14.4 Å². The number of fused-ring (bicyclic) bond motifs is 1. The van der Waals surface area contributed by atoms with E-state index in [0.717, 1.165) is 0 Å². The van der Waals surface area contributed by atoms with Gasteiger partial charge in [-0.1, -0.05) is 18.2 Å². The van der Waals surface area contributed by atoms with Gasteiger partial charge < -0.3 is 20.7 Å². The predicted molar refractivity (Wildman–Crippen MR) is 92.6 cm³/mol. The summed E-state index contributed by atoms with van der Waals surface area (Å²) in [6.07, 6.45) is 0. The average molecular weight is 339 g/mol. The Balaban J connectivity index is 1.84. The van der Waals surface area contributed by atoms with Crippen LogP contribution >= 0.6 is 0 Å². The van der Waals surface area contributed by atoms with Gasteiger partial charge in [-0.15, -0.1) is 0 Å². The summed E-state index contributed by atoms with van der Waals surface area (Å²) in [5, 5.41) is 7.81. The van der Waals surface area contributed by atoms with Crippen LogP contribution in [0.25, 0.3) is 0 Å². The van der Waals surface area contributed by atoms with E-state index >= 15 is 0 Å². The highest BCUT2D eigenvalue weighted by Gasteiger charge is 2.47. The summed E-state index contributed by atoms with van der Waals surface area (Å²) in [6, 6.07) is 13.3. The standard InChI is InChI=1S/C18H17N3O4/c1-18(17(24)21-13-8-3-4-9-14(13)25-18)16(23)20-12-7-5-6-11(10-12)15(22)19-2/h3-10H,1-2H3,(H,19,22)(H,20,23)(H,21,24)/t18-/m1/s1. The Bertz CT molecular complexity index is 865. The number of carbonyl (C=O) groups excluding carboxylic acids is 3. The van der Waals surface area contributed by atoms with Crippen molar-refractivity contribution in [2.45, 2.75) is 12.5 Å². The third-order valence-electron chi connectivity index (χ3n) is 3.93. The number of ether oxygens (including phenoxy) is 1. The minimum Gasteiger partial charge on any atom is -0.466 e. The van der Waals surface area contributed by atoms with Crippen molar-refractivity contribution < 1.29 is 19.1 Å². The van der Waals surface area contributed by atoms with E-state index in [9.17, 15) is 14.4 Å². The number of anilines is 2. The van der Waals surface area contributed by atoms with E-state index in [1.54, 1.807) is 42.5 Å². The van der Waals surface area contributed by atoms with Gasteiger partial charge in [-0.05, 0) is 37.3 Å². The Morgan fingerprint density at radius 1 is 1.12 bits per heavy atom. The van der Waals surface area contributed by atoms with Gasteiger partial charge in [-0.2, -0.15) is 0 Å². The molecule has 0 spiro atoms. The normalized spacial score (nSPS) is 18.4. The first-order valence-corrected chi connectivity index (χ1v) is 7.67. The Kier molecular flexibility index (Phi) is 4.14. The zero-order valence-corrected chi connectivity index (χ0v) is 13.8. The van der Waals surface area contributed by atoms with Gasteiger partial charge in [0.25, 0.3) is 23.3 Å². The molecule has 2 aromatic carbocycles. The molecule has 7 nitrogen and oxygen atoms in total. The second kappa shape index (κ2) is 6.27. The van der Waals surface area contributed by atoms with Crippen molar-refractivity contribution in [1.29, 1.82) is 0 Å². The molecule has 0 aliphatic carbocycles. The molecule has 0 radical (unpaired) electrons. The Labute approximate surface area is 144 Å². The molecule has 2 aromatic rings. The van der Waals surface area contributed by atoms with Crippen molar-refractivity contribution in [2.24, 2.45) is 0 Å². The lowest BCUT2D eigenvalue weighted by Crippen LogP contribution is -2.56. The number of amides is 3. The van der Waals surface area contributed by atoms with Gasteiger partial charge in [0.1, 0.15) is 5.75 Å². The van der Waals surface area contributed by atoms with Crippen molar-refractivity contribution in [2.75, 3.05) is 17.7 Å². The van der Waals surface area contributed by atoms with Crippen LogP contribution in [0.4, 0.5) is 11.4 Å². The maximum Gasteiger partial charge on any atom is 0.278 e. The SMILES string of the molecule is CNC(=O)c1cccc(NC(=O)[C@@]2(C)Oc3ccccc3NC2=O)c1. The molecule has 3 N–H and O–H groups in total. The number of hydrogen-bond acceptors (Lipinski definition) is 4. The first kappa shape index (κ1) is 16.5. The summed E-state index contributed by atoms with van der Waals surface area (Å²) < 4.78 is 5.66. The van der Waals surface area contributed by atoms with Crippen LogP contribution in [0, 0.1) is 0 Å². The summed E-state index contributed by atoms with van der Waals surface area (Å²) in [7, 11) is 1.52. The second-order valence-corrected chi connectivity index (χ2v) is 5.70. The van der Waals surface area contributed by atoms with E-state index in [1.165, 1.54) is 20.0 Å². The molecule has 0 fully saturated rings. The highest BCUT2D eigenvalue weighted by Crippen LogP contribution is 2.33. The fraction of sp³-hybridized carbons (Fsp3) is 0.167. The first-order chi connectivity index (χ1) is 11.9. The van der Waals surface area contributed by atoms with Crippen molar-refractivity contribution in [3.05, 3.63) is 54.1 Å². The lowest BCUT2D eigenvalue weighted by Gasteiger charge is -2.33. The fourth-order valence-electron chi connectivity index (χ4n) is 2.45. The van der Waals surface area contributed by atoms with E-state index in [-0.39, 0.29) is 5.91 Å². The van der Waals surface area contributed by atoms with Crippen molar-refractivity contribution in [3.63, 3.8) is 0 Å². The number of carbonyl (C=O) groups is 3. The molecule has 0 aromatic heterocycles. The summed E-state index contributed by atoms with van der Waals surface area (Å²) in [5.41, 5.74) is -0.427. The Hall–Kier alpha value is -3.35. The molecule has 3 amide bonds. The summed E-state index contributed by atoms with van der Waals surface area (Å²) in [4.78, 5) is 36.7. The third-order valence-corrected chi connectivity index (χ3v) is 3.93. The topological polar surface area (TPSA) is 96.5 Å². The van der Waals surface area contributed by atoms with E-state index in [0.29, 0.717) is 22.7 Å². The number of hydrogen-bond donors (Lipinski definition) is 3. The molecular formula is C18H17N3O4. The molecule has 1 heterocycles. The number of nitrogens with one attached hydrogen (secondary N) is 3. The van der Waals surface area contributed by atoms with Gasteiger partial charge >= 0.3 is 0 Å². The van der Waals surface area contributed by atoms with E-state index in [2.05, 4.69) is 16.0 Å². The molecular weight excluding hydrogens is 322 g/mol. The van der Waals surface area contributed by atoms with Gasteiger partial charge in [0.15, 0.2) is 0 Å². The molecule has 1 aliphatic rings. The molecule has 25 heavy (non-hydrogen) atoms. The molecule has 0 unspecified atom stereocenters. The van der Waals surface area contributed by atoms with Crippen molar-refractivity contribution in [1.82, 2.24) is 5.32 Å². The van der Waals surface area contributed by atoms with Crippen LogP contribution in [-0.4, -0.2) is 30.4 Å². The van der Waals surface area contributed by atoms with Gasteiger partial charge in [0.05, 0.1) is 5.69 Å². The number of rotatable bonds is 3.